The lowest BCUT2D eigenvalue weighted by Crippen LogP contribution is -2.46. The SMILES string of the molecule is CCCCCCCCC1(C)C(=O)OC(C)c2nc(C(C)O)nn21. The number of hydrogen-bond acceptors (Lipinski definition) is 5. The number of carbonyl (C=O) groups is 1. The second kappa shape index (κ2) is 7.43. The molecule has 130 valence electrons. The number of rotatable bonds is 8. The molecule has 6 nitrogen and oxygen atoms in total. The van der Waals surface area contributed by atoms with Crippen LogP contribution >= 0.6 is 0 Å². The zero-order valence-corrected chi connectivity index (χ0v) is 14.7. The summed E-state index contributed by atoms with van der Waals surface area (Å²) in [7, 11) is 0. The number of hydrogen-bond donors (Lipinski definition) is 1. The van der Waals surface area contributed by atoms with E-state index in [1.54, 1.807) is 18.5 Å². The first kappa shape index (κ1) is 17.9. The molecule has 0 aromatic carbocycles. The summed E-state index contributed by atoms with van der Waals surface area (Å²) in [6.07, 6.45) is 6.48. The predicted molar refractivity (Wildman–Crippen MR) is 86.8 cm³/mol. The largest absolute Gasteiger partial charge is 0.453 e. The number of aliphatic hydroxyl groups is 1. The number of fused-ring (bicyclic) bond motifs is 1. The highest BCUT2D eigenvalue weighted by molar-refractivity contribution is 5.79. The molecule has 1 aromatic heterocycles. The lowest BCUT2D eigenvalue weighted by atomic mass is 9.92. The van der Waals surface area contributed by atoms with Gasteiger partial charge < -0.3 is 9.84 Å². The van der Waals surface area contributed by atoms with Gasteiger partial charge in [-0.1, -0.05) is 45.4 Å². The molecular weight excluding hydrogens is 294 g/mol. The summed E-state index contributed by atoms with van der Waals surface area (Å²) < 4.78 is 7.15. The first-order chi connectivity index (χ1) is 10.9. The van der Waals surface area contributed by atoms with Crippen molar-refractivity contribution in [2.75, 3.05) is 0 Å². The van der Waals surface area contributed by atoms with Gasteiger partial charge >= 0.3 is 5.97 Å². The summed E-state index contributed by atoms with van der Waals surface area (Å²) in [6.45, 7) is 7.47. The number of nitrogens with zero attached hydrogens (tertiary/aromatic N) is 3. The Kier molecular flexibility index (Phi) is 5.79. The maximum atomic E-state index is 12.5. The van der Waals surface area contributed by atoms with E-state index >= 15 is 0 Å². The van der Waals surface area contributed by atoms with Crippen LogP contribution in [0.25, 0.3) is 0 Å². The summed E-state index contributed by atoms with van der Waals surface area (Å²) in [6, 6.07) is 0. The van der Waals surface area contributed by atoms with Gasteiger partial charge in [-0.25, -0.2) is 14.5 Å². The molecule has 0 spiro atoms. The van der Waals surface area contributed by atoms with Crippen LogP contribution in [-0.2, 0) is 15.1 Å². The van der Waals surface area contributed by atoms with Gasteiger partial charge in [-0.3, -0.25) is 0 Å². The Hall–Kier alpha value is -1.43. The van der Waals surface area contributed by atoms with E-state index in [2.05, 4.69) is 17.0 Å². The molecule has 0 radical (unpaired) electrons. The number of unbranched alkanes of at least 4 members (excludes halogenated alkanes) is 5. The van der Waals surface area contributed by atoms with E-state index in [1.807, 2.05) is 6.92 Å². The van der Waals surface area contributed by atoms with Crippen molar-refractivity contribution in [1.82, 2.24) is 14.8 Å². The normalized spacial score (nSPS) is 25.1. The lowest BCUT2D eigenvalue weighted by Gasteiger charge is -2.35. The Morgan fingerprint density at radius 1 is 1.30 bits per heavy atom. The van der Waals surface area contributed by atoms with Crippen LogP contribution in [-0.4, -0.2) is 25.8 Å². The van der Waals surface area contributed by atoms with Crippen molar-refractivity contribution in [3.8, 4) is 0 Å². The number of esters is 1. The van der Waals surface area contributed by atoms with E-state index in [4.69, 9.17) is 4.74 Å². The maximum absolute atomic E-state index is 12.5. The van der Waals surface area contributed by atoms with Gasteiger partial charge in [0.2, 0.25) is 0 Å². The second-order valence-corrected chi connectivity index (χ2v) is 6.76. The number of cyclic esters (lactones) is 1. The van der Waals surface area contributed by atoms with E-state index < -0.39 is 17.7 Å². The monoisotopic (exact) mass is 323 g/mol. The highest BCUT2D eigenvalue weighted by Crippen LogP contribution is 2.35. The maximum Gasteiger partial charge on any atom is 0.334 e. The quantitative estimate of drug-likeness (QED) is 0.586. The van der Waals surface area contributed by atoms with Crippen LogP contribution in [0.5, 0.6) is 0 Å². The first-order valence-electron chi connectivity index (χ1n) is 8.76. The Balaban J connectivity index is 2.10. The first-order valence-corrected chi connectivity index (χ1v) is 8.76. The lowest BCUT2D eigenvalue weighted by molar-refractivity contribution is -0.165. The van der Waals surface area contributed by atoms with Gasteiger partial charge in [0.25, 0.3) is 0 Å². The highest BCUT2D eigenvalue weighted by Gasteiger charge is 2.45. The molecule has 1 aliphatic rings. The minimum atomic E-state index is -0.827. The smallest absolute Gasteiger partial charge is 0.334 e. The molecule has 0 saturated carbocycles. The average molecular weight is 323 g/mol. The van der Waals surface area contributed by atoms with Crippen LogP contribution in [0.3, 0.4) is 0 Å². The fraction of sp³-hybridized carbons (Fsp3) is 0.824. The Morgan fingerprint density at radius 3 is 2.61 bits per heavy atom. The van der Waals surface area contributed by atoms with E-state index in [9.17, 15) is 9.90 Å². The topological polar surface area (TPSA) is 77.2 Å². The van der Waals surface area contributed by atoms with Gasteiger partial charge in [0.05, 0.1) is 0 Å². The van der Waals surface area contributed by atoms with Crippen molar-refractivity contribution in [2.24, 2.45) is 0 Å². The minimum absolute atomic E-state index is 0.256. The van der Waals surface area contributed by atoms with E-state index in [-0.39, 0.29) is 5.97 Å². The average Bonchev–Trinajstić information content (AvgIpc) is 2.96. The van der Waals surface area contributed by atoms with Crippen molar-refractivity contribution in [3.63, 3.8) is 0 Å². The molecule has 0 bridgehead atoms. The highest BCUT2D eigenvalue weighted by atomic mass is 16.5. The molecule has 2 heterocycles. The van der Waals surface area contributed by atoms with Gasteiger partial charge in [0, 0.05) is 0 Å². The summed E-state index contributed by atoms with van der Waals surface area (Å²) in [5.41, 5.74) is -0.827. The summed E-state index contributed by atoms with van der Waals surface area (Å²) in [5.74, 6) is 0.710. The van der Waals surface area contributed by atoms with Crippen molar-refractivity contribution < 1.29 is 14.6 Å². The van der Waals surface area contributed by atoms with Gasteiger partial charge in [-0.05, 0) is 27.2 Å². The third-order valence-corrected chi connectivity index (χ3v) is 4.59. The Labute approximate surface area is 138 Å². The molecule has 2 rings (SSSR count). The molecule has 1 N–H and O–H groups in total. The zero-order chi connectivity index (χ0) is 17.0. The Morgan fingerprint density at radius 2 is 1.96 bits per heavy atom. The Bertz CT molecular complexity index is 541. The fourth-order valence-electron chi connectivity index (χ4n) is 3.03. The molecule has 1 aliphatic heterocycles. The van der Waals surface area contributed by atoms with E-state index in [0.29, 0.717) is 18.1 Å². The van der Waals surface area contributed by atoms with Crippen LogP contribution in [0.2, 0.25) is 0 Å². The number of carbonyl (C=O) groups excluding carboxylic acids is 1. The van der Waals surface area contributed by atoms with E-state index in [1.165, 1.54) is 25.7 Å². The standard InChI is InChI=1S/C17H29N3O3/c1-5-6-7-8-9-10-11-17(4)16(22)23-13(3)15-18-14(12(2)21)19-20(15)17/h12-13,21H,5-11H2,1-4H3. The fourth-order valence-corrected chi connectivity index (χ4v) is 3.03. The zero-order valence-electron chi connectivity index (χ0n) is 14.7. The van der Waals surface area contributed by atoms with Crippen molar-refractivity contribution in [3.05, 3.63) is 11.6 Å². The van der Waals surface area contributed by atoms with Crippen molar-refractivity contribution in [2.45, 2.75) is 90.4 Å². The molecule has 0 fully saturated rings. The van der Waals surface area contributed by atoms with Gasteiger partial charge in [0.1, 0.15) is 6.10 Å². The third kappa shape index (κ3) is 3.74. The van der Waals surface area contributed by atoms with Crippen LogP contribution in [0.4, 0.5) is 0 Å². The van der Waals surface area contributed by atoms with Crippen LogP contribution in [0.1, 0.15) is 96.5 Å². The summed E-state index contributed by atoms with van der Waals surface area (Å²) >= 11 is 0. The van der Waals surface area contributed by atoms with Gasteiger partial charge in [-0.15, -0.1) is 0 Å². The molecule has 0 saturated heterocycles. The molecule has 0 amide bonds. The number of ether oxygens (including phenoxy) is 1. The van der Waals surface area contributed by atoms with Crippen LogP contribution in [0, 0.1) is 0 Å². The van der Waals surface area contributed by atoms with Crippen LogP contribution in [0.15, 0.2) is 0 Å². The van der Waals surface area contributed by atoms with Gasteiger partial charge in [-0.2, -0.15) is 5.10 Å². The molecule has 3 unspecified atom stereocenters. The molecule has 6 heteroatoms. The third-order valence-electron chi connectivity index (χ3n) is 4.59. The molecule has 3 atom stereocenters. The second-order valence-electron chi connectivity index (χ2n) is 6.76. The van der Waals surface area contributed by atoms with Crippen molar-refractivity contribution >= 4 is 5.97 Å². The van der Waals surface area contributed by atoms with Crippen molar-refractivity contribution in [1.29, 1.82) is 0 Å². The minimum Gasteiger partial charge on any atom is -0.453 e. The van der Waals surface area contributed by atoms with Gasteiger partial charge in [0.15, 0.2) is 23.3 Å². The molecule has 1 aromatic rings. The number of aliphatic hydroxyl groups excluding tert-OH is 1. The van der Waals surface area contributed by atoms with Crippen LogP contribution < -0.4 is 0 Å². The number of aromatic nitrogens is 3. The molecule has 23 heavy (non-hydrogen) atoms. The molecule has 0 aliphatic carbocycles. The predicted octanol–water partition coefficient (Wildman–Crippen LogP) is 3.42. The summed E-state index contributed by atoms with van der Waals surface area (Å²) in [5, 5.41) is 14.1. The summed E-state index contributed by atoms with van der Waals surface area (Å²) in [4.78, 5) is 16.8. The molecular formula is C17H29N3O3. The van der Waals surface area contributed by atoms with E-state index in [0.717, 1.165) is 12.8 Å².